The largest absolute Gasteiger partial charge is 0.395 e. The summed E-state index contributed by atoms with van der Waals surface area (Å²) in [7, 11) is 0. The average Bonchev–Trinajstić information content (AvgIpc) is 2.31. The summed E-state index contributed by atoms with van der Waals surface area (Å²) in [5.74, 6) is 0.419. The van der Waals surface area contributed by atoms with E-state index in [0.717, 1.165) is 12.1 Å². The van der Waals surface area contributed by atoms with Crippen molar-refractivity contribution in [2.24, 2.45) is 5.92 Å². The summed E-state index contributed by atoms with van der Waals surface area (Å²) in [5.41, 5.74) is 1.05. The van der Waals surface area contributed by atoms with Crippen molar-refractivity contribution in [3.05, 3.63) is 30.1 Å². The lowest BCUT2D eigenvalue weighted by molar-refractivity contribution is 0.197. The number of nitrogens with zero attached hydrogens (tertiary/aromatic N) is 1. The molecule has 0 fully saturated rings. The average molecular weight is 222 g/mol. The van der Waals surface area contributed by atoms with E-state index in [4.69, 9.17) is 0 Å². The second-order valence-electron chi connectivity index (χ2n) is 4.42. The molecular formula is C13H22N2O. The van der Waals surface area contributed by atoms with Crippen LogP contribution in [0.15, 0.2) is 24.4 Å². The SMILES string of the molecule is CC[C@@H](N[C@H](CO)C(C)C)c1ccccn1. The minimum atomic E-state index is 0.131. The van der Waals surface area contributed by atoms with Gasteiger partial charge < -0.3 is 10.4 Å². The van der Waals surface area contributed by atoms with Gasteiger partial charge in [-0.3, -0.25) is 4.98 Å². The molecule has 0 saturated carbocycles. The number of aliphatic hydroxyl groups is 1. The van der Waals surface area contributed by atoms with Gasteiger partial charge in [-0.25, -0.2) is 0 Å². The Balaban J connectivity index is 2.68. The van der Waals surface area contributed by atoms with Gasteiger partial charge in [0.25, 0.3) is 0 Å². The molecule has 1 aromatic heterocycles. The number of aromatic nitrogens is 1. The van der Waals surface area contributed by atoms with Gasteiger partial charge in [-0.15, -0.1) is 0 Å². The maximum absolute atomic E-state index is 9.30. The third-order valence-electron chi connectivity index (χ3n) is 2.87. The summed E-state index contributed by atoms with van der Waals surface area (Å²) >= 11 is 0. The van der Waals surface area contributed by atoms with Crippen molar-refractivity contribution >= 4 is 0 Å². The highest BCUT2D eigenvalue weighted by atomic mass is 16.3. The zero-order valence-electron chi connectivity index (χ0n) is 10.4. The minimum Gasteiger partial charge on any atom is -0.395 e. The Morgan fingerprint density at radius 1 is 1.38 bits per heavy atom. The van der Waals surface area contributed by atoms with Gasteiger partial charge in [-0.2, -0.15) is 0 Å². The lowest BCUT2D eigenvalue weighted by atomic mass is 10.0. The van der Waals surface area contributed by atoms with Crippen LogP contribution in [0.1, 0.15) is 38.9 Å². The predicted octanol–water partition coefficient (Wildman–Crippen LogP) is 2.14. The first-order valence-corrected chi connectivity index (χ1v) is 5.96. The van der Waals surface area contributed by atoms with Crippen molar-refractivity contribution in [2.45, 2.75) is 39.3 Å². The number of aliphatic hydroxyl groups excluding tert-OH is 1. The normalized spacial score (nSPS) is 15.1. The highest BCUT2D eigenvalue weighted by Crippen LogP contribution is 2.16. The molecule has 0 aliphatic rings. The van der Waals surface area contributed by atoms with E-state index in [0.29, 0.717) is 5.92 Å². The Labute approximate surface area is 97.9 Å². The molecule has 1 heterocycles. The molecule has 0 unspecified atom stereocenters. The molecule has 0 bridgehead atoms. The second-order valence-corrected chi connectivity index (χ2v) is 4.42. The van der Waals surface area contributed by atoms with Crippen LogP contribution in [0, 0.1) is 5.92 Å². The fourth-order valence-electron chi connectivity index (χ4n) is 1.71. The van der Waals surface area contributed by atoms with Crippen LogP contribution in [0.4, 0.5) is 0 Å². The molecule has 0 radical (unpaired) electrons. The van der Waals surface area contributed by atoms with E-state index in [2.05, 4.69) is 31.1 Å². The molecule has 0 spiro atoms. The van der Waals surface area contributed by atoms with Gasteiger partial charge in [0.05, 0.1) is 12.3 Å². The summed E-state index contributed by atoms with van der Waals surface area (Å²) in [6.07, 6.45) is 2.78. The van der Waals surface area contributed by atoms with Crippen molar-refractivity contribution in [3.8, 4) is 0 Å². The van der Waals surface area contributed by atoms with Gasteiger partial charge in [0.1, 0.15) is 0 Å². The maximum Gasteiger partial charge on any atom is 0.0587 e. The topological polar surface area (TPSA) is 45.1 Å². The van der Waals surface area contributed by atoms with E-state index in [9.17, 15) is 5.11 Å². The molecule has 1 aromatic rings. The van der Waals surface area contributed by atoms with Gasteiger partial charge in [-0.1, -0.05) is 26.8 Å². The lowest BCUT2D eigenvalue weighted by Gasteiger charge is -2.26. The number of rotatable bonds is 6. The van der Waals surface area contributed by atoms with Gasteiger partial charge in [0.15, 0.2) is 0 Å². The molecule has 1 rings (SSSR count). The second kappa shape index (κ2) is 6.61. The summed E-state index contributed by atoms with van der Waals surface area (Å²) in [6.45, 7) is 6.51. The van der Waals surface area contributed by atoms with Crippen LogP contribution >= 0.6 is 0 Å². The molecule has 3 nitrogen and oxygen atoms in total. The van der Waals surface area contributed by atoms with E-state index < -0.39 is 0 Å². The molecule has 2 atom stereocenters. The molecule has 0 amide bonds. The van der Waals surface area contributed by atoms with E-state index >= 15 is 0 Å². The third-order valence-corrected chi connectivity index (χ3v) is 2.87. The summed E-state index contributed by atoms with van der Waals surface area (Å²) < 4.78 is 0. The number of nitrogens with one attached hydrogen (secondary N) is 1. The molecule has 2 N–H and O–H groups in total. The highest BCUT2D eigenvalue weighted by molar-refractivity contribution is 5.08. The van der Waals surface area contributed by atoms with Crippen LogP contribution in [-0.4, -0.2) is 22.7 Å². The van der Waals surface area contributed by atoms with E-state index in [1.165, 1.54) is 0 Å². The van der Waals surface area contributed by atoms with Crippen molar-refractivity contribution in [2.75, 3.05) is 6.61 Å². The summed E-state index contributed by atoms with van der Waals surface area (Å²) in [4.78, 5) is 4.35. The molecule has 0 saturated heterocycles. The van der Waals surface area contributed by atoms with E-state index in [-0.39, 0.29) is 18.7 Å². The van der Waals surface area contributed by atoms with Gasteiger partial charge in [-0.05, 0) is 24.5 Å². The van der Waals surface area contributed by atoms with Crippen molar-refractivity contribution < 1.29 is 5.11 Å². The molecule has 16 heavy (non-hydrogen) atoms. The standard InChI is InChI=1S/C13H22N2O/c1-4-11(12-7-5-6-8-14-12)15-13(9-16)10(2)3/h5-8,10-11,13,15-16H,4,9H2,1-3H3/t11-,13-/m1/s1. The zero-order chi connectivity index (χ0) is 12.0. The summed E-state index contributed by atoms with van der Waals surface area (Å²) in [5, 5.41) is 12.8. The van der Waals surface area contributed by atoms with Crippen LogP contribution < -0.4 is 5.32 Å². The Kier molecular flexibility index (Phi) is 5.43. The van der Waals surface area contributed by atoms with Crippen molar-refractivity contribution in [3.63, 3.8) is 0 Å². The Hall–Kier alpha value is -0.930. The van der Waals surface area contributed by atoms with Gasteiger partial charge in [0.2, 0.25) is 0 Å². The van der Waals surface area contributed by atoms with Gasteiger partial charge in [0, 0.05) is 18.3 Å². The van der Waals surface area contributed by atoms with Crippen LogP contribution in [0.25, 0.3) is 0 Å². The van der Waals surface area contributed by atoms with Crippen LogP contribution in [-0.2, 0) is 0 Å². The first kappa shape index (κ1) is 13.1. The van der Waals surface area contributed by atoms with Crippen LogP contribution in [0.2, 0.25) is 0 Å². The van der Waals surface area contributed by atoms with Crippen molar-refractivity contribution in [1.29, 1.82) is 0 Å². The fourth-order valence-corrected chi connectivity index (χ4v) is 1.71. The van der Waals surface area contributed by atoms with E-state index in [1.54, 1.807) is 0 Å². The molecule has 0 aromatic carbocycles. The zero-order valence-corrected chi connectivity index (χ0v) is 10.4. The first-order valence-electron chi connectivity index (χ1n) is 5.96. The molecule has 0 aliphatic carbocycles. The lowest BCUT2D eigenvalue weighted by Crippen LogP contribution is -2.39. The highest BCUT2D eigenvalue weighted by Gasteiger charge is 2.18. The molecule has 0 aliphatic heterocycles. The van der Waals surface area contributed by atoms with Crippen molar-refractivity contribution in [1.82, 2.24) is 10.3 Å². The number of hydrogen-bond donors (Lipinski definition) is 2. The smallest absolute Gasteiger partial charge is 0.0587 e. The first-order chi connectivity index (χ1) is 7.69. The predicted molar refractivity (Wildman–Crippen MR) is 66.1 cm³/mol. The fraction of sp³-hybridized carbons (Fsp3) is 0.615. The number of pyridine rings is 1. The van der Waals surface area contributed by atoms with Crippen LogP contribution in [0.3, 0.4) is 0 Å². The minimum absolute atomic E-state index is 0.131. The quantitative estimate of drug-likeness (QED) is 0.775. The van der Waals surface area contributed by atoms with Gasteiger partial charge >= 0.3 is 0 Å². The molecule has 90 valence electrons. The number of hydrogen-bond acceptors (Lipinski definition) is 3. The monoisotopic (exact) mass is 222 g/mol. The Morgan fingerprint density at radius 3 is 2.56 bits per heavy atom. The summed E-state index contributed by atoms with van der Waals surface area (Å²) in [6, 6.07) is 6.29. The van der Waals surface area contributed by atoms with Crippen LogP contribution in [0.5, 0.6) is 0 Å². The maximum atomic E-state index is 9.30. The Morgan fingerprint density at radius 2 is 2.12 bits per heavy atom. The molecule has 3 heteroatoms. The molecular weight excluding hydrogens is 200 g/mol. The van der Waals surface area contributed by atoms with E-state index in [1.807, 2.05) is 24.4 Å². The Bertz CT molecular complexity index is 287. The third kappa shape index (κ3) is 3.58.